The summed E-state index contributed by atoms with van der Waals surface area (Å²) in [6.07, 6.45) is 13.1. The fourth-order valence-corrected chi connectivity index (χ4v) is 7.81. The Kier molecular flexibility index (Phi) is 14.4. The molecule has 2 saturated carbocycles. The predicted octanol–water partition coefficient (Wildman–Crippen LogP) is 5.78. The van der Waals surface area contributed by atoms with Crippen LogP contribution in [0.25, 0.3) is 0 Å². The Labute approximate surface area is 270 Å². The molecule has 0 amide bonds. The van der Waals surface area contributed by atoms with Crippen LogP contribution in [-0.4, -0.2) is 39.9 Å². The van der Waals surface area contributed by atoms with E-state index in [0.717, 1.165) is 37.4 Å². The van der Waals surface area contributed by atoms with E-state index in [1.54, 1.807) is 19.1 Å². The summed E-state index contributed by atoms with van der Waals surface area (Å²) in [6, 6.07) is 5.91. The standard InChI is InChI=1S/C16H27N3O2S.C10H21N.C6H7FN2O2S/c1-12-6-7-14(19-15(12)22(17,20)21)18-10-4-5-13-8-9-16(2,3)11-13;1-10(2)6-5-9(8-10)4-3-7-11;1-4-2-3-5(7)9-6(4)12(8,10)11/h6-7,13H,4-5,8-11H2,1-3H3,(H,18,19)(H2,17,20,21);9H,3-8,11H2,1-2H3;2-3H,1H3,(H2,8,10,11)/t13-;9-;/m11./s1. The lowest BCUT2D eigenvalue weighted by molar-refractivity contribution is 0.352. The lowest BCUT2D eigenvalue weighted by Crippen LogP contribution is -2.17. The molecular formula is C32H55FN6O4S2. The highest BCUT2D eigenvalue weighted by atomic mass is 32.2. The molecule has 0 aliphatic heterocycles. The second-order valence-electron chi connectivity index (χ2n) is 14.2. The first-order valence-corrected chi connectivity index (χ1v) is 18.9. The normalized spacial score (nSPS) is 20.5. The first kappa shape index (κ1) is 39.0. The minimum absolute atomic E-state index is 0.0463. The van der Waals surface area contributed by atoms with Crippen molar-refractivity contribution in [2.45, 2.75) is 116 Å². The average molecular weight is 671 g/mol. The van der Waals surface area contributed by atoms with E-state index in [1.807, 2.05) is 0 Å². The molecule has 2 atom stereocenters. The van der Waals surface area contributed by atoms with E-state index in [0.29, 0.717) is 27.8 Å². The number of nitrogens with one attached hydrogen (secondary N) is 1. The Hall–Kier alpha value is -2.19. The molecule has 256 valence electrons. The van der Waals surface area contributed by atoms with Crippen LogP contribution in [0.3, 0.4) is 0 Å². The molecule has 0 bridgehead atoms. The minimum Gasteiger partial charge on any atom is -0.370 e. The topological polar surface area (TPSA) is 184 Å². The number of aryl methyl sites for hydroxylation is 2. The monoisotopic (exact) mass is 670 g/mol. The van der Waals surface area contributed by atoms with E-state index in [1.165, 1.54) is 70.8 Å². The van der Waals surface area contributed by atoms with Gasteiger partial charge in [-0.2, -0.15) is 4.39 Å². The van der Waals surface area contributed by atoms with Crippen molar-refractivity contribution in [1.29, 1.82) is 0 Å². The average Bonchev–Trinajstić information content (AvgIpc) is 3.46. The molecule has 7 N–H and O–H groups in total. The van der Waals surface area contributed by atoms with Gasteiger partial charge in [0.15, 0.2) is 10.1 Å². The first-order chi connectivity index (χ1) is 20.7. The highest BCUT2D eigenvalue weighted by molar-refractivity contribution is 7.89. The van der Waals surface area contributed by atoms with Crippen molar-refractivity contribution < 1.29 is 21.2 Å². The second-order valence-corrected chi connectivity index (χ2v) is 17.2. The van der Waals surface area contributed by atoms with Gasteiger partial charge in [0.1, 0.15) is 5.82 Å². The van der Waals surface area contributed by atoms with Crippen LogP contribution in [0.1, 0.15) is 103 Å². The highest BCUT2D eigenvalue weighted by Crippen LogP contribution is 2.43. The summed E-state index contributed by atoms with van der Waals surface area (Å²) in [6.45, 7) is 14.3. The summed E-state index contributed by atoms with van der Waals surface area (Å²) in [7, 11) is -7.67. The molecule has 2 heterocycles. The van der Waals surface area contributed by atoms with Gasteiger partial charge in [-0.05, 0) is 131 Å². The quantitative estimate of drug-likeness (QED) is 0.181. The minimum atomic E-state index is -3.91. The smallest absolute Gasteiger partial charge is 0.255 e. The molecule has 0 unspecified atom stereocenters. The molecule has 2 aromatic heterocycles. The van der Waals surface area contributed by atoms with Crippen LogP contribution in [0.4, 0.5) is 10.2 Å². The summed E-state index contributed by atoms with van der Waals surface area (Å²) in [5, 5.41) is 12.7. The largest absolute Gasteiger partial charge is 0.370 e. The zero-order valence-electron chi connectivity index (χ0n) is 27.9. The number of nitrogens with two attached hydrogens (primary N) is 3. The molecule has 10 nitrogen and oxygen atoms in total. The number of primary sulfonamides is 2. The molecule has 2 fully saturated rings. The van der Waals surface area contributed by atoms with E-state index in [4.69, 9.17) is 16.0 Å². The van der Waals surface area contributed by atoms with Crippen LogP contribution >= 0.6 is 0 Å². The van der Waals surface area contributed by atoms with Crippen LogP contribution in [0.5, 0.6) is 0 Å². The van der Waals surface area contributed by atoms with E-state index >= 15 is 0 Å². The van der Waals surface area contributed by atoms with Crippen molar-refractivity contribution in [1.82, 2.24) is 9.97 Å². The zero-order valence-corrected chi connectivity index (χ0v) is 29.5. The van der Waals surface area contributed by atoms with Gasteiger partial charge in [-0.3, -0.25) is 0 Å². The number of rotatable bonds is 10. The molecule has 2 aromatic rings. The van der Waals surface area contributed by atoms with Crippen LogP contribution in [0, 0.1) is 42.5 Å². The molecule has 0 aromatic carbocycles. The number of pyridine rings is 2. The molecule has 0 spiro atoms. The maximum Gasteiger partial charge on any atom is 0.255 e. The lowest BCUT2D eigenvalue weighted by atomic mass is 9.89. The summed E-state index contributed by atoms with van der Waals surface area (Å²) in [4.78, 5) is 7.28. The first-order valence-electron chi connectivity index (χ1n) is 15.8. The molecule has 45 heavy (non-hydrogen) atoms. The Morgan fingerprint density at radius 3 is 1.69 bits per heavy atom. The number of hydrogen-bond acceptors (Lipinski definition) is 8. The Morgan fingerprint density at radius 1 is 0.800 bits per heavy atom. The lowest BCUT2D eigenvalue weighted by Gasteiger charge is -2.17. The number of hydrogen-bond donors (Lipinski definition) is 4. The maximum atomic E-state index is 12.4. The third-order valence-electron chi connectivity index (χ3n) is 8.66. The third kappa shape index (κ3) is 14.0. The molecule has 4 rings (SSSR count). The van der Waals surface area contributed by atoms with E-state index in [9.17, 15) is 21.2 Å². The number of nitrogens with zero attached hydrogens (tertiary/aromatic N) is 2. The molecule has 0 saturated heterocycles. The van der Waals surface area contributed by atoms with Crippen molar-refractivity contribution in [3.05, 3.63) is 41.3 Å². The third-order valence-corrected chi connectivity index (χ3v) is 10.6. The van der Waals surface area contributed by atoms with Crippen LogP contribution in [0.2, 0.25) is 0 Å². The second kappa shape index (κ2) is 16.6. The number of halogens is 1. The van der Waals surface area contributed by atoms with E-state index in [-0.39, 0.29) is 5.03 Å². The summed E-state index contributed by atoms with van der Waals surface area (Å²) < 4.78 is 56.9. The van der Waals surface area contributed by atoms with Gasteiger partial charge in [0.2, 0.25) is 5.95 Å². The van der Waals surface area contributed by atoms with Crippen molar-refractivity contribution >= 4 is 25.9 Å². The Morgan fingerprint density at radius 2 is 1.27 bits per heavy atom. The van der Waals surface area contributed by atoms with Crippen LogP contribution < -0.4 is 21.3 Å². The summed E-state index contributed by atoms with van der Waals surface area (Å²) in [5.41, 5.74) is 7.50. The van der Waals surface area contributed by atoms with Gasteiger partial charge in [-0.15, -0.1) is 0 Å². The van der Waals surface area contributed by atoms with Crippen molar-refractivity contribution in [2.75, 3.05) is 18.4 Å². The predicted molar refractivity (Wildman–Crippen MR) is 179 cm³/mol. The van der Waals surface area contributed by atoms with Crippen LogP contribution in [-0.2, 0) is 20.0 Å². The molecule has 2 aliphatic rings. The fraction of sp³-hybridized carbons (Fsp3) is 0.688. The zero-order chi connectivity index (χ0) is 34.1. The van der Waals surface area contributed by atoms with Gasteiger partial charge in [0, 0.05) is 6.54 Å². The van der Waals surface area contributed by atoms with Gasteiger partial charge in [-0.25, -0.2) is 37.1 Å². The van der Waals surface area contributed by atoms with Gasteiger partial charge < -0.3 is 11.1 Å². The van der Waals surface area contributed by atoms with Crippen molar-refractivity contribution in [3.63, 3.8) is 0 Å². The van der Waals surface area contributed by atoms with E-state index in [2.05, 4.69) is 43.0 Å². The number of aromatic nitrogens is 2. The molecular weight excluding hydrogens is 616 g/mol. The number of anilines is 1. The molecule has 0 radical (unpaired) electrons. The van der Waals surface area contributed by atoms with E-state index < -0.39 is 31.0 Å². The number of sulfonamides is 2. The summed E-state index contributed by atoms with van der Waals surface area (Å²) >= 11 is 0. The van der Waals surface area contributed by atoms with Crippen molar-refractivity contribution in [3.8, 4) is 0 Å². The summed E-state index contributed by atoms with van der Waals surface area (Å²) in [5.74, 6) is 1.52. The van der Waals surface area contributed by atoms with Crippen molar-refractivity contribution in [2.24, 2.45) is 38.7 Å². The molecule has 13 heteroatoms. The fourth-order valence-electron chi connectivity index (χ4n) is 6.34. The maximum absolute atomic E-state index is 12.4. The van der Waals surface area contributed by atoms with Gasteiger partial charge in [-0.1, -0.05) is 39.8 Å². The van der Waals surface area contributed by atoms with Gasteiger partial charge >= 0.3 is 0 Å². The van der Waals surface area contributed by atoms with Gasteiger partial charge in [0.05, 0.1) is 0 Å². The molecule has 2 aliphatic carbocycles. The van der Waals surface area contributed by atoms with Crippen LogP contribution in [0.15, 0.2) is 34.3 Å². The van der Waals surface area contributed by atoms with Gasteiger partial charge in [0.25, 0.3) is 20.0 Å². The Balaban J connectivity index is 0.000000259. The Bertz CT molecular complexity index is 1470. The SMILES string of the molecule is CC1(C)CC[C@@H](CCCN)C1.Cc1ccc(F)nc1S(N)(=O)=O.Cc1ccc(NCCC[C@@H]2CCC(C)(C)C2)nc1S(N)(=O)=O. The highest BCUT2D eigenvalue weighted by Gasteiger charge is 2.31.